The van der Waals surface area contributed by atoms with Crippen LogP contribution >= 0.6 is 11.3 Å². The van der Waals surface area contributed by atoms with E-state index < -0.39 is 0 Å². The number of benzene rings is 3. The Hall–Kier alpha value is -3.71. The third-order valence-electron chi connectivity index (χ3n) is 5.99. The van der Waals surface area contributed by atoms with Crippen LogP contribution in [0.2, 0.25) is 0 Å². The molecule has 0 saturated heterocycles. The average Bonchev–Trinajstić information content (AvgIpc) is 3.31. The Labute approximate surface area is 202 Å². The summed E-state index contributed by atoms with van der Waals surface area (Å²) < 4.78 is 11.5. The highest BCUT2D eigenvalue weighted by molar-refractivity contribution is 7.22. The van der Waals surface area contributed by atoms with Crippen molar-refractivity contribution in [2.24, 2.45) is 5.10 Å². The maximum Gasteiger partial charge on any atom is 0.280 e. The molecule has 0 bridgehead atoms. The molecule has 0 aliphatic heterocycles. The second-order valence-electron chi connectivity index (χ2n) is 8.16. The number of hydrogen-bond acceptors (Lipinski definition) is 6. The van der Waals surface area contributed by atoms with Crippen molar-refractivity contribution in [2.75, 3.05) is 19.2 Å². The van der Waals surface area contributed by atoms with Crippen LogP contribution in [0.15, 0.2) is 65.8 Å². The summed E-state index contributed by atoms with van der Waals surface area (Å²) in [5.74, 6) is 1.31. The molecule has 0 N–H and O–H groups in total. The van der Waals surface area contributed by atoms with Gasteiger partial charge in [0.25, 0.3) is 5.91 Å². The lowest BCUT2D eigenvalue weighted by molar-refractivity contribution is 0.0987. The lowest BCUT2D eigenvalue weighted by Gasteiger charge is -2.18. The van der Waals surface area contributed by atoms with E-state index in [4.69, 9.17) is 14.5 Å². The molecule has 0 unspecified atom stereocenters. The predicted octanol–water partition coefficient (Wildman–Crippen LogP) is 5.87. The van der Waals surface area contributed by atoms with E-state index >= 15 is 0 Å². The molecule has 1 heterocycles. The monoisotopic (exact) mass is 471 g/mol. The minimum Gasteiger partial charge on any atom is -0.497 e. The number of methoxy groups -OCH3 is 2. The van der Waals surface area contributed by atoms with Crippen molar-refractivity contribution in [1.29, 1.82) is 0 Å². The van der Waals surface area contributed by atoms with Gasteiger partial charge in [-0.05, 0) is 97.0 Å². The number of thiazole rings is 1. The van der Waals surface area contributed by atoms with Gasteiger partial charge in [-0.1, -0.05) is 17.4 Å². The molecule has 0 fully saturated rings. The van der Waals surface area contributed by atoms with Crippen LogP contribution in [0.4, 0.5) is 5.13 Å². The second-order valence-corrected chi connectivity index (χ2v) is 9.16. The third-order valence-corrected chi connectivity index (χ3v) is 6.99. The number of fused-ring (bicyclic) bond motifs is 2. The molecule has 1 aromatic heterocycles. The number of rotatable bonds is 6. The number of aryl methyl sites for hydroxylation is 2. The van der Waals surface area contributed by atoms with Crippen LogP contribution < -0.4 is 14.5 Å². The van der Waals surface area contributed by atoms with Crippen LogP contribution in [0.1, 0.15) is 39.9 Å². The normalized spacial score (nSPS) is 13.1. The lowest BCUT2D eigenvalue weighted by Crippen LogP contribution is -2.26. The second kappa shape index (κ2) is 9.65. The number of anilines is 1. The van der Waals surface area contributed by atoms with Crippen molar-refractivity contribution < 1.29 is 14.3 Å². The third kappa shape index (κ3) is 4.52. The van der Waals surface area contributed by atoms with Crippen molar-refractivity contribution >= 4 is 38.8 Å². The number of ether oxygens (including phenoxy) is 2. The van der Waals surface area contributed by atoms with Crippen LogP contribution in [0, 0.1) is 0 Å². The molecule has 34 heavy (non-hydrogen) atoms. The van der Waals surface area contributed by atoms with Crippen LogP contribution in [0.25, 0.3) is 10.2 Å². The number of hydrogen-bond donors (Lipinski definition) is 0. The molecule has 1 aliphatic rings. The summed E-state index contributed by atoms with van der Waals surface area (Å²) >= 11 is 1.41. The Morgan fingerprint density at radius 3 is 2.44 bits per heavy atom. The van der Waals surface area contributed by atoms with E-state index in [0.717, 1.165) is 46.5 Å². The number of amides is 1. The Bertz CT molecular complexity index is 1360. The van der Waals surface area contributed by atoms with E-state index in [1.807, 2.05) is 54.6 Å². The van der Waals surface area contributed by atoms with E-state index in [0.29, 0.717) is 10.7 Å². The molecule has 172 valence electrons. The number of nitrogens with zero attached hydrogens (tertiary/aromatic N) is 3. The summed E-state index contributed by atoms with van der Waals surface area (Å²) in [6.07, 6.45) is 6.11. The maximum atomic E-state index is 13.7. The van der Waals surface area contributed by atoms with E-state index in [1.165, 1.54) is 33.9 Å². The lowest BCUT2D eigenvalue weighted by atomic mass is 9.90. The highest BCUT2D eigenvalue weighted by atomic mass is 32.1. The Morgan fingerprint density at radius 2 is 1.68 bits per heavy atom. The number of carbonyl (C=O) groups is 1. The summed E-state index contributed by atoms with van der Waals surface area (Å²) in [4.78, 5) is 18.4. The van der Waals surface area contributed by atoms with Crippen molar-refractivity contribution in [3.8, 4) is 11.5 Å². The number of hydrazone groups is 1. The standard InChI is InChI=1S/C27H25N3O3S/c1-32-22-11-7-18(8-12-22)17-28-30(27-29-24-14-13-23(33-2)16-25(24)34-27)26(31)21-10-9-19-5-3-4-6-20(19)15-21/h7-17H,3-6H2,1-2H3/b28-17+. The summed E-state index contributed by atoms with van der Waals surface area (Å²) in [5.41, 5.74) is 4.85. The fourth-order valence-electron chi connectivity index (χ4n) is 4.10. The van der Waals surface area contributed by atoms with Crippen LogP contribution in [0.5, 0.6) is 11.5 Å². The summed E-state index contributed by atoms with van der Waals surface area (Å²) in [6.45, 7) is 0. The fraction of sp³-hybridized carbons (Fsp3) is 0.222. The molecule has 3 aromatic carbocycles. The van der Waals surface area contributed by atoms with Gasteiger partial charge in [0.1, 0.15) is 11.5 Å². The largest absolute Gasteiger partial charge is 0.497 e. The molecule has 1 aliphatic carbocycles. The van der Waals surface area contributed by atoms with E-state index in [1.54, 1.807) is 20.4 Å². The van der Waals surface area contributed by atoms with Crippen molar-refractivity contribution in [1.82, 2.24) is 4.98 Å². The molecule has 1 amide bonds. The first-order valence-electron chi connectivity index (χ1n) is 11.2. The molecule has 6 nitrogen and oxygen atoms in total. The maximum absolute atomic E-state index is 13.7. The minimum atomic E-state index is -0.204. The average molecular weight is 472 g/mol. The molecule has 0 atom stereocenters. The van der Waals surface area contributed by atoms with Gasteiger partial charge in [-0.2, -0.15) is 10.1 Å². The molecular weight excluding hydrogens is 446 g/mol. The minimum absolute atomic E-state index is 0.204. The molecule has 4 aromatic rings. The van der Waals surface area contributed by atoms with Crippen molar-refractivity contribution in [3.63, 3.8) is 0 Å². The van der Waals surface area contributed by atoms with Gasteiger partial charge < -0.3 is 9.47 Å². The van der Waals surface area contributed by atoms with Gasteiger partial charge >= 0.3 is 0 Å². The zero-order valence-corrected chi connectivity index (χ0v) is 20.0. The molecular formula is C27H25N3O3S. The fourth-order valence-corrected chi connectivity index (χ4v) is 5.05. The highest BCUT2D eigenvalue weighted by Crippen LogP contribution is 2.33. The quantitative estimate of drug-likeness (QED) is 0.260. The van der Waals surface area contributed by atoms with Gasteiger partial charge in [0.2, 0.25) is 5.13 Å². The van der Waals surface area contributed by atoms with Crippen LogP contribution in [-0.2, 0) is 12.8 Å². The van der Waals surface area contributed by atoms with Gasteiger partial charge in [-0.3, -0.25) is 4.79 Å². The zero-order chi connectivity index (χ0) is 23.5. The molecule has 7 heteroatoms. The topological polar surface area (TPSA) is 64.0 Å². The van der Waals surface area contributed by atoms with Gasteiger partial charge in [0.15, 0.2) is 0 Å². The molecule has 5 rings (SSSR count). The van der Waals surface area contributed by atoms with Gasteiger partial charge in [0.05, 0.1) is 30.7 Å². The smallest absolute Gasteiger partial charge is 0.280 e. The number of carbonyl (C=O) groups excluding carboxylic acids is 1. The highest BCUT2D eigenvalue weighted by Gasteiger charge is 2.22. The Balaban J connectivity index is 1.53. The summed E-state index contributed by atoms with van der Waals surface area (Å²) in [5, 5.41) is 6.49. The Kier molecular flexibility index (Phi) is 6.27. The summed E-state index contributed by atoms with van der Waals surface area (Å²) in [6, 6.07) is 19.2. The summed E-state index contributed by atoms with van der Waals surface area (Å²) in [7, 11) is 3.26. The SMILES string of the molecule is COc1ccc(/C=N/N(C(=O)c2ccc3c(c2)CCCC3)c2nc3ccc(OC)cc3s2)cc1. The van der Waals surface area contributed by atoms with Crippen LogP contribution in [0.3, 0.4) is 0 Å². The first-order valence-corrected chi connectivity index (χ1v) is 12.0. The first-order chi connectivity index (χ1) is 16.6. The number of aromatic nitrogens is 1. The molecule has 0 spiro atoms. The van der Waals surface area contributed by atoms with Gasteiger partial charge in [-0.15, -0.1) is 0 Å². The molecule has 0 radical (unpaired) electrons. The van der Waals surface area contributed by atoms with E-state index in [2.05, 4.69) is 11.2 Å². The first kappa shape index (κ1) is 22.1. The van der Waals surface area contributed by atoms with Gasteiger partial charge in [0, 0.05) is 5.56 Å². The Morgan fingerprint density at radius 1 is 0.941 bits per heavy atom. The molecule has 0 saturated carbocycles. The van der Waals surface area contributed by atoms with Gasteiger partial charge in [-0.25, -0.2) is 4.98 Å². The van der Waals surface area contributed by atoms with Crippen molar-refractivity contribution in [3.05, 3.63) is 82.9 Å². The van der Waals surface area contributed by atoms with Crippen LogP contribution in [-0.4, -0.2) is 31.3 Å². The van der Waals surface area contributed by atoms with Crippen molar-refractivity contribution in [2.45, 2.75) is 25.7 Å². The zero-order valence-electron chi connectivity index (χ0n) is 19.2. The van der Waals surface area contributed by atoms with E-state index in [9.17, 15) is 4.79 Å². The predicted molar refractivity (Wildman–Crippen MR) is 137 cm³/mol. The van der Waals surface area contributed by atoms with E-state index in [-0.39, 0.29) is 5.91 Å².